The van der Waals surface area contributed by atoms with Crippen molar-refractivity contribution in [2.24, 2.45) is 0 Å². The van der Waals surface area contributed by atoms with Gasteiger partial charge in [-0.25, -0.2) is 0 Å². The first-order valence-electron chi connectivity index (χ1n) is 11.9. The summed E-state index contributed by atoms with van der Waals surface area (Å²) < 4.78 is 0. The molecule has 0 amide bonds. The van der Waals surface area contributed by atoms with E-state index in [1.807, 2.05) is 0 Å². The molecule has 3 nitrogen and oxygen atoms in total. The predicted molar refractivity (Wildman–Crippen MR) is 123 cm³/mol. The highest BCUT2D eigenvalue weighted by Gasteiger charge is 2.34. The van der Waals surface area contributed by atoms with Gasteiger partial charge in [0.05, 0.1) is 24.6 Å². The standard InChI is InChI=1S/C23H50O3P.ClH/c1-2-3-4-5-6-7-8-9-10-11-12-13-20-27(21-14-17-24,22-15-18-25)23-16-19-26;/h24-26H,2-23H2,1H3;1H/q+1;/p-1. The lowest BCUT2D eigenvalue weighted by Gasteiger charge is -2.27. The van der Waals surface area contributed by atoms with Crippen molar-refractivity contribution >= 4 is 7.26 Å². The molecular weight excluding hydrogens is 391 g/mol. The Hall–Kier alpha value is 0.600. The van der Waals surface area contributed by atoms with E-state index in [0.717, 1.165) is 37.7 Å². The van der Waals surface area contributed by atoms with Crippen LogP contribution in [0.15, 0.2) is 0 Å². The van der Waals surface area contributed by atoms with Gasteiger partial charge in [0.1, 0.15) is 0 Å². The topological polar surface area (TPSA) is 60.7 Å². The van der Waals surface area contributed by atoms with Crippen molar-refractivity contribution in [2.75, 3.05) is 44.5 Å². The second-order valence-electron chi connectivity index (χ2n) is 8.36. The van der Waals surface area contributed by atoms with Crippen molar-refractivity contribution in [3.05, 3.63) is 0 Å². The summed E-state index contributed by atoms with van der Waals surface area (Å²) in [6.07, 6.45) is 24.0. The van der Waals surface area contributed by atoms with Crippen LogP contribution in [-0.2, 0) is 0 Å². The van der Waals surface area contributed by atoms with Crippen LogP contribution >= 0.6 is 7.26 Å². The average molecular weight is 441 g/mol. The van der Waals surface area contributed by atoms with Crippen molar-refractivity contribution in [2.45, 2.75) is 103 Å². The van der Waals surface area contributed by atoms with E-state index in [1.165, 1.54) is 83.2 Å². The van der Waals surface area contributed by atoms with E-state index in [2.05, 4.69) is 6.92 Å². The zero-order valence-corrected chi connectivity index (χ0v) is 20.4. The van der Waals surface area contributed by atoms with Crippen LogP contribution < -0.4 is 12.4 Å². The summed E-state index contributed by atoms with van der Waals surface area (Å²) in [5, 5.41) is 27.8. The summed E-state index contributed by atoms with van der Waals surface area (Å²) in [6, 6.07) is 0. The molecular formula is C23H50ClO3P. The highest BCUT2D eigenvalue weighted by molar-refractivity contribution is 7.75. The Balaban J connectivity index is 0. The molecule has 0 aliphatic carbocycles. The fourth-order valence-corrected chi connectivity index (χ4v) is 8.85. The fraction of sp³-hybridized carbons (Fsp3) is 1.00. The summed E-state index contributed by atoms with van der Waals surface area (Å²) in [5.74, 6) is 0. The minimum atomic E-state index is -1.11. The first-order valence-corrected chi connectivity index (χ1v) is 14.5. The van der Waals surface area contributed by atoms with Gasteiger partial charge in [-0.2, -0.15) is 0 Å². The monoisotopic (exact) mass is 440 g/mol. The van der Waals surface area contributed by atoms with E-state index in [4.69, 9.17) is 0 Å². The maximum absolute atomic E-state index is 9.27. The van der Waals surface area contributed by atoms with Gasteiger partial charge in [-0.3, -0.25) is 0 Å². The second kappa shape index (κ2) is 23.9. The lowest BCUT2D eigenvalue weighted by molar-refractivity contribution is -0.00000919. The second-order valence-corrected chi connectivity index (χ2v) is 12.8. The highest BCUT2D eigenvalue weighted by atomic mass is 35.5. The summed E-state index contributed by atoms with van der Waals surface area (Å²) in [7, 11) is -1.11. The van der Waals surface area contributed by atoms with Gasteiger partial charge < -0.3 is 27.7 Å². The molecule has 0 aromatic rings. The number of unbranched alkanes of at least 4 members (excludes halogenated alkanes) is 11. The van der Waals surface area contributed by atoms with Crippen molar-refractivity contribution in [1.29, 1.82) is 0 Å². The van der Waals surface area contributed by atoms with Crippen molar-refractivity contribution in [1.82, 2.24) is 0 Å². The van der Waals surface area contributed by atoms with E-state index in [0.29, 0.717) is 0 Å². The highest BCUT2D eigenvalue weighted by Crippen LogP contribution is 2.60. The van der Waals surface area contributed by atoms with E-state index in [1.54, 1.807) is 0 Å². The van der Waals surface area contributed by atoms with Crippen LogP contribution in [0, 0.1) is 0 Å². The molecule has 3 N–H and O–H groups in total. The molecule has 0 aromatic carbocycles. The number of aliphatic hydroxyl groups excluding tert-OH is 3. The zero-order valence-electron chi connectivity index (χ0n) is 18.7. The molecule has 28 heavy (non-hydrogen) atoms. The van der Waals surface area contributed by atoms with Gasteiger partial charge in [0.25, 0.3) is 0 Å². The van der Waals surface area contributed by atoms with Gasteiger partial charge >= 0.3 is 0 Å². The third-order valence-electron chi connectivity index (χ3n) is 5.86. The fourth-order valence-electron chi connectivity index (χ4n) is 4.18. The molecule has 0 spiro atoms. The number of aliphatic hydroxyl groups is 3. The largest absolute Gasteiger partial charge is 1.00 e. The van der Waals surface area contributed by atoms with Gasteiger partial charge in [0.15, 0.2) is 0 Å². The number of rotatable bonds is 22. The van der Waals surface area contributed by atoms with Crippen molar-refractivity contribution in [3.8, 4) is 0 Å². The molecule has 0 fully saturated rings. The summed E-state index contributed by atoms with van der Waals surface area (Å²) in [6.45, 7) is 3.10. The average Bonchev–Trinajstić information content (AvgIpc) is 2.69. The van der Waals surface area contributed by atoms with Gasteiger partial charge in [0, 0.05) is 46.3 Å². The molecule has 0 bridgehead atoms. The van der Waals surface area contributed by atoms with Crippen LogP contribution in [0.25, 0.3) is 0 Å². The molecule has 0 radical (unpaired) electrons. The Kier molecular flexibility index (Phi) is 26.3. The van der Waals surface area contributed by atoms with Gasteiger partial charge in [-0.1, -0.05) is 71.1 Å². The van der Waals surface area contributed by atoms with Crippen LogP contribution in [0.2, 0.25) is 0 Å². The number of hydrogen-bond donors (Lipinski definition) is 3. The molecule has 0 saturated carbocycles. The Bertz CT molecular complexity index is 271. The van der Waals surface area contributed by atoms with Crippen molar-refractivity contribution in [3.63, 3.8) is 0 Å². The van der Waals surface area contributed by atoms with E-state index < -0.39 is 7.26 Å². The molecule has 0 aliphatic heterocycles. The van der Waals surface area contributed by atoms with Gasteiger partial charge in [0.2, 0.25) is 0 Å². The lowest BCUT2D eigenvalue weighted by atomic mass is 10.1. The molecule has 0 atom stereocenters. The Labute approximate surface area is 182 Å². The van der Waals surface area contributed by atoms with Gasteiger partial charge in [-0.15, -0.1) is 0 Å². The Morgan fingerprint density at radius 3 is 1.04 bits per heavy atom. The predicted octanol–water partition coefficient (Wildman–Crippen LogP) is 2.86. The first kappa shape index (κ1) is 30.8. The van der Waals surface area contributed by atoms with E-state index in [9.17, 15) is 15.3 Å². The Morgan fingerprint density at radius 2 is 0.714 bits per heavy atom. The maximum atomic E-state index is 9.27. The SMILES string of the molecule is CCCCCCCCCCCCCC[P+](CCCO)(CCCO)CCCO.[Cl-]. The minimum Gasteiger partial charge on any atom is -1.00 e. The van der Waals surface area contributed by atoms with Crippen LogP contribution in [0.5, 0.6) is 0 Å². The molecule has 0 rings (SSSR count). The van der Waals surface area contributed by atoms with Crippen molar-refractivity contribution < 1.29 is 27.7 Å². The maximum Gasteiger partial charge on any atom is 0.0616 e. The molecule has 0 unspecified atom stereocenters. The summed E-state index contributed by atoms with van der Waals surface area (Å²) >= 11 is 0. The minimum absolute atomic E-state index is 0. The Morgan fingerprint density at radius 1 is 0.429 bits per heavy atom. The van der Waals surface area contributed by atoms with Crippen LogP contribution in [0.4, 0.5) is 0 Å². The molecule has 0 saturated heterocycles. The van der Waals surface area contributed by atoms with Crippen LogP contribution in [0.3, 0.4) is 0 Å². The summed E-state index contributed by atoms with van der Waals surface area (Å²) in [5.41, 5.74) is 0. The zero-order chi connectivity index (χ0) is 20.1. The number of hydrogen-bond acceptors (Lipinski definition) is 3. The molecule has 5 heteroatoms. The van der Waals surface area contributed by atoms with Gasteiger partial charge in [-0.05, 0) is 12.8 Å². The smallest absolute Gasteiger partial charge is 0.0616 e. The molecule has 172 valence electrons. The third-order valence-corrected chi connectivity index (χ3v) is 10.9. The van der Waals surface area contributed by atoms with Crippen LogP contribution in [0.1, 0.15) is 103 Å². The first-order chi connectivity index (χ1) is 13.2. The number of halogens is 1. The normalized spacial score (nSPS) is 11.6. The van der Waals surface area contributed by atoms with Crippen LogP contribution in [-0.4, -0.2) is 59.8 Å². The molecule has 0 aromatic heterocycles. The summed E-state index contributed by atoms with van der Waals surface area (Å²) in [4.78, 5) is 0. The molecule has 0 aliphatic rings. The molecule has 0 heterocycles. The van der Waals surface area contributed by atoms with E-state index >= 15 is 0 Å². The van der Waals surface area contributed by atoms with E-state index in [-0.39, 0.29) is 32.2 Å². The third kappa shape index (κ3) is 18.6. The lowest BCUT2D eigenvalue weighted by Crippen LogP contribution is -3.00. The quantitative estimate of drug-likeness (QED) is 0.179.